The number of para-hydroxylation sites is 1. The zero-order valence-electron chi connectivity index (χ0n) is 11.0. The van der Waals surface area contributed by atoms with E-state index in [1.807, 2.05) is 18.2 Å². The molecule has 0 bridgehead atoms. The number of hydrazine groups is 1. The molecule has 1 aliphatic rings. The van der Waals surface area contributed by atoms with E-state index in [2.05, 4.69) is 35.8 Å². The van der Waals surface area contributed by atoms with Crippen molar-refractivity contribution in [2.45, 2.75) is 18.4 Å². The molecule has 0 radical (unpaired) electrons. The standard InChI is InChI=1S/C16H18N2O/c1-19-15-9-5-4-8-13(15)16(18-17)14-10-11-6-2-3-7-12(11)14/h2-9,14,16,18H,10,17H2,1H3. The number of fused-ring (bicyclic) bond motifs is 1. The van der Waals surface area contributed by atoms with Crippen molar-refractivity contribution in [3.63, 3.8) is 0 Å². The lowest BCUT2D eigenvalue weighted by molar-refractivity contribution is 0.374. The SMILES string of the molecule is COc1ccccc1C(NN)C1Cc2ccccc21. The molecule has 3 nitrogen and oxygen atoms in total. The second-order valence-corrected chi connectivity index (χ2v) is 4.90. The molecule has 1 aliphatic carbocycles. The Morgan fingerprint density at radius 1 is 1.16 bits per heavy atom. The molecule has 2 unspecified atom stereocenters. The lowest BCUT2D eigenvalue weighted by Crippen LogP contribution is -2.37. The summed E-state index contributed by atoms with van der Waals surface area (Å²) in [6.45, 7) is 0. The first-order valence-corrected chi connectivity index (χ1v) is 6.52. The Balaban J connectivity index is 1.95. The zero-order valence-corrected chi connectivity index (χ0v) is 11.0. The molecule has 0 fully saturated rings. The van der Waals surface area contributed by atoms with Crippen molar-refractivity contribution in [3.05, 3.63) is 65.2 Å². The van der Waals surface area contributed by atoms with Gasteiger partial charge in [0.15, 0.2) is 0 Å². The Morgan fingerprint density at radius 3 is 2.63 bits per heavy atom. The fraction of sp³-hybridized carbons (Fsp3) is 0.250. The number of ether oxygens (including phenoxy) is 1. The highest BCUT2D eigenvalue weighted by Gasteiger charge is 2.34. The highest BCUT2D eigenvalue weighted by Crippen LogP contribution is 2.44. The first kappa shape index (κ1) is 12.2. The van der Waals surface area contributed by atoms with E-state index in [9.17, 15) is 0 Å². The number of methoxy groups -OCH3 is 1. The molecule has 98 valence electrons. The van der Waals surface area contributed by atoms with Crippen molar-refractivity contribution < 1.29 is 4.74 Å². The van der Waals surface area contributed by atoms with Gasteiger partial charge in [-0.2, -0.15) is 0 Å². The smallest absolute Gasteiger partial charge is 0.123 e. The van der Waals surface area contributed by atoms with Gasteiger partial charge in [-0.3, -0.25) is 11.3 Å². The summed E-state index contributed by atoms with van der Waals surface area (Å²) in [6, 6.07) is 16.7. The van der Waals surface area contributed by atoms with Crippen LogP contribution in [0.15, 0.2) is 48.5 Å². The average molecular weight is 254 g/mol. The number of hydrogen-bond acceptors (Lipinski definition) is 3. The summed E-state index contributed by atoms with van der Waals surface area (Å²) >= 11 is 0. The fourth-order valence-electron chi connectivity index (χ4n) is 2.94. The minimum absolute atomic E-state index is 0.0889. The van der Waals surface area contributed by atoms with Crippen LogP contribution in [0.3, 0.4) is 0 Å². The van der Waals surface area contributed by atoms with Crippen LogP contribution < -0.4 is 16.0 Å². The molecule has 0 aromatic heterocycles. The van der Waals surface area contributed by atoms with E-state index < -0.39 is 0 Å². The number of benzene rings is 2. The minimum Gasteiger partial charge on any atom is -0.496 e. The molecule has 2 atom stereocenters. The van der Waals surface area contributed by atoms with Gasteiger partial charge in [0.1, 0.15) is 5.75 Å². The normalized spacial score (nSPS) is 18.3. The number of nitrogens with two attached hydrogens (primary N) is 1. The summed E-state index contributed by atoms with van der Waals surface area (Å²) in [4.78, 5) is 0. The van der Waals surface area contributed by atoms with Gasteiger partial charge in [0, 0.05) is 11.5 Å². The van der Waals surface area contributed by atoms with Crippen molar-refractivity contribution in [1.29, 1.82) is 0 Å². The number of nitrogens with one attached hydrogen (secondary N) is 1. The van der Waals surface area contributed by atoms with E-state index in [0.717, 1.165) is 17.7 Å². The fourth-order valence-corrected chi connectivity index (χ4v) is 2.94. The maximum Gasteiger partial charge on any atom is 0.123 e. The lowest BCUT2D eigenvalue weighted by Gasteiger charge is -2.36. The van der Waals surface area contributed by atoms with Gasteiger partial charge in [0.2, 0.25) is 0 Å². The Kier molecular flexibility index (Phi) is 3.23. The molecule has 2 aromatic rings. The predicted molar refractivity (Wildman–Crippen MR) is 75.9 cm³/mol. The topological polar surface area (TPSA) is 47.3 Å². The van der Waals surface area contributed by atoms with Crippen LogP contribution >= 0.6 is 0 Å². The van der Waals surface area contributed by atoms with Crippen LogP contribution in [0, 0.1) is 0 Å². The van der Waals surface area contributed by atoms with Gasteiger partial charge in [-0.05, 0) is 23.6 Å². The third-order valence-electron chi connectivity index (χ3n) is 3.95. The zero-order chi connectivity index (χ0) is 13.2. The molecule has 3 N–H and O–H groups in total. The van der Waals surface area contributed by atoms with Gasteiger partial charge in [0.25, 0.3) is 0 Å². The molecule has 0 saturated heterocycles. The third-order valence-corrected chi connectivity index (χ3v) is 3.95. The van der Waals surface area contributed by atoms with Crippen LogP contribution in [0.5, 0.6) is 5.75 Å². The van der Waals surface area contributed by atoms with Gasteiger partial charge < -0.3 is 4.74 Å². The van der Waals surface area contributed by atoms with Gasteiger partial charge in [-0.15, -0.1) is 0 Å². The van der Waals surface area contributed by atoms with Crippen molar-refractivity contribution >= 4 is 0 Å². The first-order valence-electron chi connectivity index (χ1n) is 6.52. The first-order chi connectivity index (χ1) is 9.35. The Morgan fingerprint density at radius 2 is 1.89 bits per heavy atom. The van der Waals surface area contributed by atoms with Gasteiger partial charge in [-0.1, -0.05) is 42.5 Å². The molecule has 0 aliphatic heterocycles. The Labute approximate surface area is 113 Å². The van der Waals surface area contributed by atoms with Gasteiger partial charge >= 0.3 is 0 Å². The van der Waals surface area contributed by atoms with Crippen molar-refractivity contribution in [3.8, 4) is 5.75 Å². The largest absolute Gasteiger partial charge is 0.496 e. The highest BCUT2D eigenvalue weighted by molar-refractivity contribution is 5.45. The molecule has 0 heterocycles. The van der Waals surface area contributed by atoms with Crippen LogP contribution in [0.1, 0.15) is 28.7 Å². The predicted octanol–water partition coefficient (Wildman–Crippen LogP) is 2.54. The number of rotatable bonds is 4. The van der Waals surface area contributed by atoms with E-state index in [1.165, 1.54) is 11.1 Å². The maximum absolute atomic E-state index is 5.79. The molecule has 0 spiro atoms. The lowest BCUT2D eigenvalue weighted by atomic mass is 9.72. The molecular formula is C16H18N2O. The minimum atomic E-state index is 0.0889. The molecule has 3 heteroatoms. The summed E-state index contributed by atoms with van der Waals surface area (Å²) < 4.78 is 5.44. The van der Waals surface area contributed by atoms with Crippen molar-refractivity contribution in [1.82, 2.24) is 5.43 Å². The van der Waals surface area contributed by atoms with Crippen molar-refractivity contribution in [2.75, 3.05) is 7.11 Å². The van der Waals surface area contributed by atoms with Gasteiger partial charge in [-0.25, -0.2) is 0 Å². The monoisotopic (exact) mass is 254 g/mol. The van der Waals surface area contributed by atoms with Crippen LogP contribution in [0.4, 0.5) is 0 Å². The second kappa shape index (κ2) is 5.03. The molecular weight excluding hydrogens is 236 g/mol. The summed E-state index contributed by atoms with van der Waals surface area (Å²) in [6.07, 6.45) is 1.06. The van der Waals surface area contributed by atoms with Crippen LogP contribution in [0.25, 0.3) is 0 Å². The third kappa shape index (κ3) is 2.01. The molecule has 2 aromatic carbocycles. The van der Waals surface area contributed by atoms with Crippen LogP contribution in [-0.2, 0) is 6.42 Å². The van der Waals surface area contributed by atoms with E-state index in [1.54, 1.807) is 7.11 Å². The quantitative estimate of drug-likeness (QED) is 0.651. The van der Waals surface area contributed by atoms with Gasteiger partial charge in [0.05, 0.1) is 13.2 Å². The molecule has 3 rings (SSSR count). The molecule has 0 amide bonds. The van der Waals surface area contributed by atoms with E-state index in [4.69, 9.17) is 10.6 Å². The summed E-state index contributed by atoms with van der Waals surface area (Å²) in [5, 5.41) is 0. The van der Waals surface area contributed by atoms with Crippen molar-refractivity contribution in [2.24, 2.45) is 5.84 Å². The molecule has 19 heavy (non-hydrogen) atoms. The maximum atomic E-state index is 5.79. The highest BCUT2D eigenvalue weighted by atomic mass is 16.5. The Hall–Kier alpha value is -1.84. The summed E-state index contributed by atoms with van der Waals surface area (Å²) in [5.74, 6) is 7.09. The summed E-state index contributed by atoms with van der Waals surface area (Å²) in [7, 11) is 1.70. The van der Waals surface area contributed by atoms with E-state index >= 15 is 0 Å². The molecule has 0 saturated carbocycles. The van der Waals surface area contributed by atoms with Crippen LogP contribution in [0.2, 0.25) is 0 Å². The number of hydrogen-bond donors (Lipinski definition) is 2. The Bertz CT molecular complexity index is 582. The second-order valence-electron chi connectivity index (χ2n) is 4.90. The van der Waals surface area contributed by atoms with Crippen LogP contribution in [-0.4, -0.2) is 7.11 Å². The van der Waals surface area contributed by atoms with E-state index in [0.29, 0.717) is 5.92 Å². The summed E-state index contributed by atoms with van der Waals surface area (Å²) in [5.41, 5.74) is 6.88. The van der Waals surface area contributed by atoms with E-state index in [-0.39, 0.29) is 6.04 Å². The average Bonchev–Trinajstić information content (AvgIpc) is 2.45.